The number of H-pyrrole nitrogens is 1. The van der Waals surface area contributed by atoms with Gasteiger partial charge in [0.15, 0.2) is 11.5 Å². The number of hydrogen-bond acceptors (Lipinski definition) is 8. The van der Waals surface area contributed by atoms with Crippen molar-refractivity contribution >= 4 is 5.97 Å². The summed E-state index contributed by atoms with van der Waals surface area (Å²) in [5, 5.41) is 16.8. The van der Waals surface area contributed by atoms with Crippen LogP contribution < -0.4 is 24.7 Å². The van der Waals surface area contributed by atoms with Crippen molar-refractivity contribution in [1.29, 1.82) is 5.26 Å². The van der Waals surface area contributed by atoms with Crippen molar-refractivity contribution in [2.45, 2.75) is 26.2 Å². The van der Waals surface area contributed by atoms with Gasteiger partial charge in [-0.15, -0.1) is 5.10 Å². The quantitative estimate of drug-likeness (QED) is 0.592. The number of nitrogens with two attached hydrogens (primary N) is 1. The molecule has 0 unspecified atom stereocenters. The lowest BCUT2D eigenvalue weighted by Crippen LogP contribution is -2.21. The first-order valence-corrected chi connectivity index (χ1v) is 8.54. The average Bonchev–Trinajstić information content (AvgIpc) is 3.08. The molecule has 1 atom stereocenters. The Labute approximate surface area is 161 Å². The second kappa shape index (κ2) is 7.52. The first-order valence-electron chi connectivity index (χ1n) is 8.54. The van der Waals surface area contributed by atoms with Crippen LogP contribution in [0.3, 0.4) is 0 Å². The van der Waals surface area contributed by atoms with Crippen LogP contribution in [-0.4, -0.2) is 30.4 Å². The zero-order valence-corrected chi connectivity index (χ0v) is 16.0. The Hall–Kier alpha value is -3.67. The Morgan fingerprint density at radius 2 is 2.00 bits per heavy atom. The summed E-state index contributed by atoms with van der Waals surface area (Å²) >= 11 is 0. The highest BCUT2D eigenvalue weighted by atomic mass is 16.6. The van der Waals surface area contributed by atoms with E-state index in [0.717, 1.165) is 11.3 Å². The molecule has 1 aliphatic heterocycles. The highest BCUT2D eigenvalue weighted by molar-refractivity contribution is 5.73. The summed E-state index contributed by atoms with van der Waals surface area (Å²) in [6, 6.07) is 5.48. The fourth-order valence-electron chi connectivity index (χ4n) is 3.22. The monoisotopic (exact) mass is 384 g/mol. The molecule has 0 amide bonds. The molecule has 1 aromatic carbocycles. The molecule has 1 aliphatic rings. The molecule has 1 aromatic heterocycles. The molecule has 28 heavy (non-hydrogen) atoms. The highest BCUT2D eigenvalue weighted by Gasteiger charge is 2.36. The van der Waals surface area contributed by atoms with Crippen LogP contribution >= 0.6 is 0 Å². The van der Waals surface area contributed by atoms with Gasteiger partial charge in [0.25, 0.3) is 0 Å². The van der Waals surface area contributed by atoms with Gasteiger partial charge >= 0.3 is 5.97 Å². The standard InChI is InChI=1S/C19H20N4O5/c1-5-12-16-15(11(8-20)18(21)28-19(16)23-22-12)10-6-13(25-3)17(27-9(2)24)14(7-10)26-4/h6-7,15H,5,21H2,1-4H3,(H,22,23)/t15-/m1/s1. The van der Waals surface area contributed by atoms with Crippen LogP contribution in [0.2, 0.25) is 0 Å². The minimum atomic E-state index is -0.545. The van der Waals surface area contributed by atoms with Crippen LogP contribution in [0.5, 0.6) is 23.1 Å². The van der Waals surface area contributed by atoms with Crippen molar-refractivity contribution in [2.24, 2.45) is 5.73 Å². The van der Waals surface area contributed by atoms with E-state index in [4.69, 9.17) is 24.7 Å². The number of fused-ring (bicyclic) bond motifs is 1. The van der Waals surface area contributed by atoms with Crippen molar-refractivity contribution in [3.8, 4) is 29.2 Å². The highest BCUT2D eigenvalue weighted by Crippen LogP contribution is 2.47. The third-order valence-corrected chi connectivity index (χ3v) is 4.43. The van der Waals surface area contributed by atoms with E-state index in [1.165, 1.54) is 21.1 Å². The van der Waals surface area contributed by atoms with Gasteiger partial charge in [0.2, 0.25) is 17.5 Å². The molecule has 0 spiro atoms. The molecule has 3 rings (SSSR count). The van der Waals surface area contributed by atoms with E-state index in [1.54, 1.807) is 12.1 Å². The Balaban J connectivity index is 2.26. The van der Waals surface area contributed by atoms with E-state index in [1.807, 2.05) is 6.92 Å². The van der Waals surface area contributed by atoms with Crippen molar-refractivity contribution < 1.29 is 23.7 Å². The molecule has 0 radical (unpaired) electrons. The van der Waals surface area contributed by atoms with Gasteiger partial charge in [-0.3, -0.25) is 9.89 Å². The van der Waals surface area contributed by atoms with Gasteiger partial charge in [-0.05, 0) is 24.1 Å². The number of nitrogens with zero attached hydrogens (tertiary/aromatic N) is 2. The fourth-order valence-corrected chi connectivity index (χ4v) is 3.22. The maximum Gasteiger partial charge on any atom is 0.308 e. The number of carbonyl (C=O) groups is 1. The van der Waals surface area contributed by atoms with Crippen molar-refractivity contribution in [2.75, 3.05) is 14.2 Å². The maximum atomic E-state index is 11.5. The topological polar surface area (TPSA) is 132 Å². The summed E-state index contributed by atoms with van der Waals surface area (Å²) < 4.78 is 21.6. The van der Waals surface area contributed by atoms with Gasteiger partial charge in [-0.25, -0.2) is 0 Å². The Bertz CT molecular complexity index is 977. The molecule has 0 saturated heterocycles. The number of ether oxygens (including phenoxy) is 4. The number of methoxy groups -OCH3 is 2. The van der Waals surface area contributed by atoms with Gasteiger partial charge in [0.1, 0.15) is 11.6 Å². The molecule has 0 bridgehead atoms. The lowest BCUT2D eigenvalue weighted by Gasteiger charge is -2.25. The molecular weight excluding hydrogens is 364 g/mol. The third-order valence-electron chi connectivity index (χ3n) is 4.43. The molecule has 2 aromatic rings. The number of nitrogens with one attached hydrogen (secondary N) is 1. The lowest BCUT2D eigenvalue weighted by molar-refractivity contribution is -0.132. The predicted molar refractivity (Wildman–Crippen MR) is 98.1 cm³/mol. The number of esters is 1. The third kappa shape index (κ3) is 3.09. The number of aryl methyl sites for hydroxylation is 1. The van der Waals surface area contributed by atoms with Crippen molar-refractivity contribution in [3.05, 3.63) is 40.4 Å². The van der Waals surface area contributed by atoms with E-state index >= 15 is 0 Å². The van der Waals surface area contributed by atoms with Gasteiger partial charge in [-0.1, -0.05) is 6.92 Å². The number of allylic oxidation sites excluding steroid dienone is 1. The average molecular weight is 384 g/mol. The number of aromatic nitrogens is 2. The van der Waals surface area contributed by atoms with Gasteiger partial charge in [0.05, 0.1) is 20.1 Å². The summed E-state index contributed by atoms with van der Waals surface area (Å²) in [7, 11) is 2.90. The molecule has 9 heteroatoms. The smallest absolute Gasteiger partial charge is 0.308 e. The first-order chi connectivity index (χ1) is 13.4. The molecule has 0 fully saturated rings. The largest absolute Gasteiger partial charge is 0.493 e. The molecule has 2 heterocycles. The molecule has 0 aliphatic carbocycles. The second-order valence-corrected chi connectivity index (χ2v) is 6.05. The minimum Gasteiger partial charge on any atom is -0.493 e. The van der Waals surface area contributed by atoms with Crippen LogP contribution in [0.25, 0.3) is 0 Å². The van der Waals surface area contributed by atoms with Crippen molar-refractivity contribution in [3.63, 3.8) is 0 Å². The number of benzene rings is 1. The van der Waals surface area contributed by atoms with Gasteiger partial charge in [0, 0.05) is 18.2 Å². The summed E-state index contributed by atoms with van der Waals surface area (Å²) in [4.78, 5) is 11.5. The first kappa shape index (κ1) is 19.1. The zero-order chi connectivity index (χ0) is 20.4. The summed E-state index contributed by atoms with van der Waals surface area (Å²) in [5.74, 6) is -0.0207. The van der Waals surface area contributed by atoms with E-state index in [0.29, 0.717) is 17.9 Å². The predicted octanol–water partition coefficient (Wildman–Crippen LogP) is 2.13. The number of hydrogen-bond donors (Lipinski definition) is 2. The molecule has 9 nitrogen and oxygen atoms in total. The van der Waals surface area contributed by atoms with Crippen LogP contribution in [-0.2, 0) is 11.2 Å². The van der Waals surface area contributed by atoms with E-state index in [-0.39, 0.29) is 28.7 Å². The van der Waals surface area contributed by atoms with Gasteiger partial charge in [-0.2, -0.15) is 5.26 Å². The van der Waals surface area contributed by atoms with E-state index < -0.39 is 11.9 Å². The molecular formula is C19H20N4O5. The SMILES string of the molecule is CCc1[nH]nc2c1[C@H](c1cc(OC)c(OC(C)=O)c(OC)c1)C(C#N)=C(N)O2. The molecule has 3 N–H and O–H groups in total. The lowest BCUT2D eigenvalue weighted by atomic mass is 9.83. The number of carbonyl (C=O) groups excluding carboxylic acids is 1. The van der Waals surface area contributed by atoms with Crippen LogP contribution in [0, 0.1) is 11.3 Å². The summed E-state index contributed by atoms with van der Waals surface area (Å²) in [5.41, 5.74) is 8.41. The van der Waals surface area contributed by atoms with Crippen LogP contribution in [0.1, 0.15) is 36.6 Å². The zero-order valence-electron chi connectivity index (χ0n) is 16.0. The Kier molecular flexibility index (Phi) is 5.13. The summed E-state index contributed by atoms with van der Waals surface area (Å²) in [6.45, 7) is 3.25. The Morgan fingerprint density at radius 3 is 2.50 bits per heavy atom. The molecule has 146 valence electrons. The second-order valence-electron chi connectivity index (χ2n) is 6.05. The van der Waals surface area contributed by atoms with Crippen LogP contribution in [0.4, 0.5) is 0 Å². The molecule has 0 saturated carbocycles. The normalized spacial score (nSPS) is 15.3. The van der Waals surface area contributed by atoms with Crippen LogP contribution in [0.15, 0.2) is 23.6 Å². The number of aromatic amines is 1. The maximum absolute atomic E-state index is 11.5. The number of nitriles is 1. The van der Waals surface area contributed by atoms with Crippen molar-refractivity contribution in [1.82, 2.24) is 10.2 Å². The Morgan fingerprint density at radius 1 is 1.36 bits per heavy atom. The van der Waals surface area contributed by atoms with Gasteiger partial charge < -0.3 is 24.7 Å². The fraction of sp³-hybridized carbons (Fsp3) is 0.316. The van der Waals surface area contributed by atoms with E-state index in [9.17, 15) is 10.1 Å². The minimum absolute atomic E-state index is 0.0175. The summed E-state index contributed by atoms with van der Waals surface area (Å²) in [6.07, 6.45) is 0.653. The number of rotatable bonds is 5. The van der Waals surface area contributed by atoms with E-state index in [2.05, 4.69) is 16.3 Å².